The van der Waals surface area contributed by atoms with E-state index in [1.165, 1.54) is 128 Å². The first-order valence-corrected chi connectivity index (χ1v) is 26.0. The molecule has 4 N–H and O–H groups in total. The summed E-state index contributed by atoms with van der Waals surface area (Å²) in [7, 11) is 0. The van der Waals surface area contributed by atoms with Crippen LogP contribution >= 0.6 is 0 Å². The lowest BCUT2D eigenvalue weighted by Gasteiger charge is -2.25. The maximum Gasteiger partial charge on any atom is 0.408 e. The predicted molar refractivity (Wildman–Crippen MR) is 265 cm³/mol. The van der Waals surface area contributed by atoms with E-state index in [0.717, 1.165) is 51.4 Å². The van der Waals surface area contributed by atoms with Crippen LogP contribution in [0.3, 0.4) is 0 Å². The van der Waals surface area contributed by atoms with Gasteiger partial charge in [-0.3, -0.25) is 9.59 Å². The molecule has 0 radical (unpaired) electrons. The van der Waals surface area contributed by atoms with Crippen molar-refractivity contribution >= 4 is 24.0 Å². The number of ether oxygens (including phenoxy) is 2. The summed E-state index contributed by atoms with van der Waals surface area (Å²) in [6.07, 6.45) is 43.1. The number of amides is 4. The molecule has 0 heterocycles. The van der Waals surface area contributed by atoms with Crippen LogP contribution in [0.25, 0.3) is 0 Å². The molecular weight excluding hydrogens is 789 g/mol. The topological polar surface area (TPSA) is 135 Å². The molecule has 0 saturated heterocycles. The summed E-state index contributed by atoms with van der Waals surface area (Å²) in [6.45, 7) is 16.2. The zero-order chi connectivity index (χ0) is 46.9. The summed E-state index contributed by atoms with van der Waals surface area (Å²) in [5.41, 5.74) is -1.45. The molecule has 63 heavy (non-hydrogen) atoms. The highest BCUT2D eigenvalue weighted by molar-refractivity contribution is 5.86. The zero-order valence-electron chi connectivity index (χ0n) is 42.2. The fraction of sp³-hybridized carbons (Fsp3) is 0.849. The van der Waals surface area contributed by atoms with Crippen LogP contribution in [0.4, 0.5) is 9.59 Å². The van der Waals surface area contributed by atoms with Crippen molar-refractivity contribution in [3.8, 4) is 0 Å². The summed E-state index contributed by atoms with van der Waals surface area (Å²) in [5.74, 6) is -0.565. The number of hydrogen-bond donors (Lipinski definition) is 4. The normalized spacial score (nSPS) is 13.0. The maximum atomic E-state index is 13.4. The van der Waals surface area contributed by atoms with E-state index in [4.69, 9.17) is 9.47 Å². The van der Waals surface area contributed by atoms with Crippen molar-refractivity contribution in [3.05, 3.63) is 24.3 Å². The first-order chi connectivity index (χ1) is 30.2. The van der Waals surface area contributed by atoms with E-state index in [-0.39, 0.29) is 24.7 Å². The second kappa shape index (κ2) is 40.5. The summed E-state index contributed by atoms with van der Waals surface area (Å²) in [5, 5.41) is 11.5. The Labute approximate surface area is 387 Å². The van der Waals surface area contributed by atoms with Gasteiger partial charge in [0.1, 0.15) is 23.3 Å². The fourth-order valence-electron chi connectivity index (χ4n) is 7.38. The molecule has 0 saturated carbocycles. The van der Waals surface area contributed by atoms with Crippen molar-refractivity contribution in [1.29, 1.82) is 0 Å². The Morgan fingerprint density at radius 2 is 0.667 bits per heavy atom. The second-order valence-corrected chi connectivity index (χ2v) is 19.8. The van der Waals surface area contributed by atoms with Crippen LogP contribution in [0.5, 0.6) is 0 Å². The molecule has 0 aliphatic heterocycles. The third-order valence-electron chi connectivity index (χ3n) is 11.0. The molecule has 0 rings (SSSR count). The average molecular weight is 889 g/mol. The molecule has 368 valence electrons. The molecule has 0 aromatic carbocycles. The van der Waals surface area contributed by atoms with E-state index in [0.29, 0.717) is 19.5 Å². The largest absolute Gasteiger partial charge is 0.444 e. The van der Waals surface area contributed by atoms with Crippen LogP contribution in [0.15, 0.2) is 24.3 Å². The highest BCUT2D eigenvalue weighted by Gasteiger charge is 2.27. The lowest BCUT2D eigenvalue weighted by Crippen LogP contribution is -2.50. The van der Waals surface area contributed by atoms with Crippen LogP contribution < -0.4 is 21.3 Å². The van der Waals surface area contributed by atoms with E-state index < -0.39 is 35.5 Å². The van der Waals surface area contributed by atoms with Gasteiger partial charge in [-0.15, -0.1) is 0 Å². The number of alkyl carbamates (subject to hydrolysis) is 2. The minimum atomic E-state index is -0.847. The Bertz CT molecular complexity index is 1100. The number of hydrogen-bond acceptors (Lipinski definition) is 6. The Balaban J connectivity index is 4.78. The van der Waals surface area contributed by atoms with E-state index in [1.54, 1.807) is 41.5 Å². The van der Waals surface area contributed by atoms with Gasteiger partial charge < -0.3 is 30.7 Å². The summed E-state index contributed by atoms with van der Waals surface area (Å²) < 4.78 is 10.9. The molecular formula is C53H100N4O6. The molecule has 10 nitrogen and oxygen atoms in total. The van der Waals surface area contributed by atoms with E-state index in [9.17, 15) is 19.2 Å². The number of carbonyl (C=O) groups excluding carboxylic acids is 4. The second-order valence-electron chi connectivity index (χ2n) is 19.8. The molecule has 2 atom stereocenters. The van der Waals surface area contributed by atoms with Gasteiger partial charge in [0.05, 0.1) is 0 Å². The minimum absolute atomic E-state index is 0.271. The zero-order valence-corrected chi connectivity index (χ0v) is 42.2. The Hall–Kier alpha value is -3.04. The SMILES string of the molecule is CCCCCCCCC=CCCCCCCCCNC(=O)C(CCCC(NC(=O)OC(C)(C)C)C(=O)NCCCCCCCCC=CCCCCCCCC)NC(=O)OC(C)(C)C. The molecule has 0 spiro atoms. The Kier molecular flexibility index (Phi) is 38.5. The fourth-order valence-corrected chi connectivity index (χ4v) is 7.38. The number of nitrogens with one attached hydrogen (secondary N) is 4. The monoisotopic (exact) mass is 889 g/mol. The standard InChI is InChI=1S/C53H100N4O6/c1-9-11-13-15-17-19-21-23-25-27-29-31-33-35-37-39-44-54-48(58)46(56-50(60)62-52(3,4)5)42-41-43-47(57-51(61)63-53(6,7)8)49(59)55-45-40-38-36-34-32-30-28-26-24-22-20-18-16-14-12-10-2/h23-26,46-47H,9-22,27-45H2,1-8H3,(H,54,58)(H,55,59)(H,56,60)(H,57,61). The number of allylic oxidation sites excluding steroid dienone is 4. The molecule has 2 unspecified atom stereocenters. The van der Waals surface area contributed by atoms with Gasteiger partial charge >= 0.3 is 12.2 Å². The third kappa shape index (κ3) is 42.7. The van der Waals surface area contributed by atoms with E-state index in [1.807, 2.05) is 0 Å². The maximum absolute atomic E-state index is 13.4. The summed E-state index contributed by atoms with van der Waals surface area (Å²) >= 11 is 0. The summed E-state index contributed by atoms with van der Waals surface area (Å²) in [4.78, 5) is 52.3. The molecule has 0 fully saturated rings. The van der Waals surface area contributed by atoms with Crippen LogP contribution in [0.2, 0.25) is 0 Å². The van der Waals surface area contributed by atoms with Crippen molar-refractivity contribution in [3.63, 3.8) is 0 Å². The first-order valence-electron chi connectivity index (χ1n) is 26.0. The van der Waals surface area contributed by atoms with Crippen LogP contribution in [0.1, 0.15) is 254 Å². The van der Waals surface area contributed by atoms with E-state index in [2.05, 4.69) is 59.4 Å². The van der Waals surface area contributed by atoms with Crippen molar-refractivity contribution < 1.29 is 28.7 Å². The van der Waals surface area contributed by atoms with Crippen LogP contribution in [-0.2, 0) is 19.1 Å². The smallest absolute Gasteiger partial charge is 0.408 e. The number of carbonyl (C=O) groups is 4. The molecule has 0 aromatic heterocycles. The van der Waals surface area contributed by atoms with Crippen molar-refractivity contribution in [2.75, 3.05) is 13.1 Å². The van der Waals surface area contributed by atoms with Gasteiger partial charge in [-0.05, 0) is 125 Å². The van der Waals surface area contributed by atoms with Gasteiger partial charge in [-0.1, -0.05) is 154 Å². The first kappa shape index (κ1) is 60.0. The van der Waals surface area contributed by atoms with Crippen molar-refractivity contribution in [1.82, 2.24) is 21.3 Å². The Morgan fingerprint density at radius 3 is 0.952 bits per heavy atom. The predicted octanol–water partition coefficient (Wildman–Crippen LogP) is 14.3. The van der Waals surface area contributed by atoms with Gasteiger partial charge in [0.15, 0.2) is 0 Å². The molecule has 0 aliphatic carbocycles. The highest BCUT2D eigenvalue weighted by Crippen LogP contribution is 2.14. The highest BCUT2D eigenvalue weighted by atomic mass is 16.6. The molecule has 0 aliphatic rings. The van der Waals surface area contributed by atoms with Gasteiger partial charge in [0.25, 0.3) is 0 Å². The van der Waals surface area contributed by atoms with Crippen LogP contribution in [0, 0.1) is 0 Å². The lowest BCUT2D eigenvalue weighted by atomic mass is 10.0. The molecule has 0 bridgehead atoms. The van der Waals surface area contributed by atoms with Crippen molar-refractivity contribution in [2.45, 2.75) is 278 Å². The van der Waals surface area contributed by atoms with Crippen molar-refractivity contribution in [2.24, 2.45) is 0 Å². The van der Waals surface area contributed by atoms with Gasteiger partial charge in [0, 0.05) is 13.1 Å². The number of unbranched alkanes of at least 4 members (excludes halogenated alkanes) is 24. The summed E-state index contributed by atoms with van der Waals surface area (Å²) in [6, 6.07) is -1.69. The van der Waals surface area contributed by atoms with Crippen LogP contribution in [-0.4, -0.2) is 60.4 Å². The minimum Gasteiger partial charge on any atom is -0.444 e. The third-order valence-corrected chi connectivity index (χ3v) is 11.0. The number of rotatable bonds is 40. The molecule has 4 amide bonds. The average Bonchev–Trinajstić information content (AvgIpc) is 3.20. The lowest BCUT2D eigenvalue weighted by molar-refractivity contribution is -0.123. The van der Waals surface area contributed by atoms with Gasteiger partial charge in [-0.2, -0.15) is 0 Å². The Morgan fingerprint density at radius 1 is 0.397 bits per heavy atom. The molecule has 0 aromatic rings. The molecule has 10 heteroatoms. The van der Waals surface area contributed by atoms with Gasteiger partial charge in [-0.25, -0.2) is 9.59 Å². The van der Waals surface area contributed by atoms with Gasteiger partial charge in [0.2, 0.25) is 11.8 Å². The van der Waals surface area contributed by atoms with E-state index >= 15 is 0 Å². The quantitative estimate of drug-likeness (QED) is 0.0357.